The molecule has 0 atom stereocenters. The van der Waals surface area contributed by atoms with Crippen LogP contribution in [0.25, 0.3) is 89.3 Å². The number of nitrogens with zero attached hydrogens (tertiary/aromatic N) is 6. The van der Waals surface area contributed by atoms with E-state index in [0.717, 1.165) is 66.4 Å². The fourth-order valence-corrected chi connectivity index (χ4v) is 7.10. The van der Waals surface area contributed by atoms with Crippen LogP contribution < -0.4 is 0 Å². The van der Waals surface area contributed by atoms with Crippen molar-refractivity contribution in [3.63, 3.8) is 0 Å². The van der Waals surface area contributed by atoms with Crippen LogP contribution in [-0.2, 0) is 0 Å². The topological polar surface area (TPSA) is 61.4 Å². The Balaban J connectivity index is 1.27. The van der Waals surface area contributed by atoms with Crippen LogP contribution in [0.5, 0.6) is 0 Å². The third kappa shape index (κ3) is 4.50. The molecule has 0 bridgehead atoms. The predicted octanol–water partition coefficient (Wildman–Crippen LogP) is 10.5. The van der Waals surface area contributed by atoms with Crippen molar-refractivity contribution in [1.29, 1.82) is 0 Å². The highest BCUT2D eigenvalue weighted by molar-refractivity contribution is 6.20. The van der Waals surface area contributed by atoms with Gasteiger partial charge in [0.2, 0.25) is 5.95 Å². The number of hydrogen-bond acceptors (Lipinski definition) is 4. The summed E-state index contributed by atoms with van der Waals surface area (Å²) < 4.78 is 4.46. The van der Waals surface area contributed by atoms with E-state index >= 15 is 0 Å². The monoisotopic (exact) mass is 640 g/mol. The first kappa shape index (κ1) is 28.1. The molecule has 0 saturated heterocycles. The summed E-state index contributed by atoms with van der Waals surface area (Å²) in [5.74, 6) is 1.11. The second-order valence-electron chi connectivity index (χ2n) is 12.4. The Bertz CT molecular complexity index is 2800. The van der Waals surface area contributed by atoms with Gasteiger partial charge >= 0.3 is 0 Å². The summed E-state index contributed by atoms with van der Waals surface area (Å²) in [6.07, 6.45) is 2.15. The average molecular weight is 641 g/mol. The largest absolute Gasteiger partial charge is 0.316 e. The molecule has 6 aromatic carbocycles. The standard InChI is InChI=1S/C44H28N6/c1-4-14-29(15-5-1)36-28-37(30-16-6-2-7-17-30)46-43(45-36)41-33-20-10-12-22-35(33)47-44(48-41)50-38-23-13-11-21-34(38)40-39(50)25-24-31-26-27-49(42(31)40)32-18-8-3-9-19-32/h1-28H. The molecule has 0 aliphatic carbocycles. The number of fused-ring (bicyclic) bond motifs is 6. The zero-order valence-electron chi connectivity index (χ0n) is 26.8. The first-order valence-corrected chi connectivity index (χ1v) is 16.7. The SMILES string of the molecule is c1ccc(-c2cc(-c3ccccc3)nc(-c3nc(-n4c5ccccc5c5c6c(ccc54)ccn6-c4ccccc4)nc4ccccc34)n2)cc1. The van der Waals surface area contributed by atoms with E-state index < -0.39 is 0 Å². The lowest BCUT2D eigenvalue weighted by Crippen LogP contribution is -2.05. The molecule has 10 rings (SSSR count). The fourth-order valence-electron chi connectivity index (χ4n) is 7.10. The van der Waals surface area contributed by atoms with Crippen molar-refractivity contribution in [1.82, 2.24) is 29.1 Å². The number of hydrogen-bond donors (Lipinski definition) is 0. The van der Waals surface area contributed by atoms with E-state index in [-0.39, 0.29) is 0 Å². The predicted molar refractivity (Wildman–Crippen MR) is 203 cm³/mol. The molecule has 0 aliphatic heterocycles. The molecule has 0 spiro atoms. The molecule has 50 heavy (non-hydrogen) atoms. The minimum atomic E-state index is 0.547. The highest BCUT2D eigenvalue weighted by atomic mass is 15.2. The molecule has 0 aliphatic rings. The number of para-hydroxylation sites is 3. The lowest BCUT2D eigenvalue weighted by Gasteiger charge is -2.13. The number of rotatable bonds is 5. The van der Waals surface area contributed by atoms with Crippen LogP contribution in [0.15, 0.2) is 170 Å². The zero-order valence-corrected chi connectivity index (χ0v) is 26.8. The van der Waals surface area contributed by atoms with E-state index in [4.69, 9.17) is 19.9 Å². The minimum Gasteiger partial charge on any atom is -0.316 e. The van der Waals surface area contributed by atoms with Gasteiger partial charge in [0, 0.05) is 44.6 Å². The van der Waals surface area contributed by atoms with E-state index in [1.165, 1.54) is 5.39 Å². The smallest absolute Gasteiger partial charge is 0.235 e. The van der Waals surface area contributed by atoms with E-state index in [1.54, 1.807) is 0 Å². The first-order valence-electron chi connectivity index (χ1n) is 16.7. The van der Waals surface area contributed by atoms with E-state index in [0.29, 0.717) is 17.5 Å². The maximum atomic E-state index is 5.35. The highest BCUT2D eigenvalue weighted by Crippen LogP contribution is 2.38. The van der Waals surface area contributed by atoms with Crippen molar-refractivity contribution in [2.24, 2.45) is 0 Å². The second kappa shape index (κ2) is 11.4. The highest BCUT2D eigenvalue weighted by Gasteiger charge is 2.21. The van der Waals surface area contributed by atoms with Gasteiger partial charge in [-0.2, -0.15) is 0 Å². The third-order valence-electron chi connectivity index (χ3n) is 9.39. The van der Waals surface area contributed by atoms with Crippen molar-refractivity contribution in [3.05, 3.63) is 170 Å². The van der Waals surface area contributed by atoms with Crippen LogP contribution in [-0.4, -0.2) is 29.1 Å². The summed E-state index contributed by atoms with van der Waals surface area (Å²) in [5, 5.41) is 4.35. The zero-order chi connectivity index (χ0) is 33.0. The van der Waals surface area contributed by atoms with Gasteiger partial charge in [0.1, 0.15) is 5.69 Å². The van der Waals surface area contributed by atoms with E-state index in [1.807, 2.05) is 60.7 Å². The molecule has 234 valence electrons. The van der Waals surface area contributed by atoms with Crippen molar-refractivity contribution >= 4 is 43.6 Å². The van der Waals surface area contributed by atoms with Crippen molar-refractivity contribution in [3.8, 4) is 45.7 Å². The molecule has 4 heterocycles. The maximum absolute atomic E-state index is 5.35. The van der Waals surface area contributed by atoms with Crippen LogP contribution in [0.4, 0.5) is 0 Å². The Labute approximate surface area is 287 Å². The van der Waals surface area contributed by atoms with Crippen molar-refractivity contribution in [2.75, 3.05) is 0 Å². The Morgan fingerprint density at radius 1 is 0.460 bits per heavy atom. The first-order chi connectivity index (χ1) is 24.8. The number of benzene rings is 6. The second-order valence-corrected chi connectivity index (χ2v) is 12.4. The molecule has 0 radical (unpaired) electrons. The molecule has 0 fully saturated rings. The van der Waals surface area contributed by atoms with Crippen LogP contribution in [0, 0.1) is 0 Å². The van der Waals surface area contributed by atoms with Crippen LogP contribution in [0.1, 0.15) is 0 Å². The summed E-state index contributed by atoms with van der Waals surface area (Å²) >= 11 is 0. The Morgan fingerprint density at radius 2 is 1.08 bits per heavy atom. The van der Waals surface area contributed by atoms with Gasteiger partial charge in [-0.3, -0.25) is 4.57 Å². The molecule has 6 nitrogen and oxygen atoms in total. The average Bonchev–Trinajstić information content (AvgIpc) is 3.78. The quantitative estimate of drug-likeness (QED) is 0.188. The molecule has 0 amide bonds. The molecular formula is C44H28N6. The van der Waals surface area contributed by atoms with Gasteiger partial charge in [-0.05, 0) is 42.5 Å². The van der Waals surface area contributed by atoms with Crippen LogP contribution in [0.3, 0.4) is 0 Å². The number of aromatic nitrogens is 6. The van der Waals surface area contributed by atoms with Gasteiger partial charge < -0.3 is 4.57 Å². The van der Waals surface area contributed by atoms with Gasteiger partial charge in [-0.15, -0.1) is 0 Å². The molecular weight excluding hydrogens is 613 g/mol. The van der Waals surface area contributed by atoms with Crippen LogP contribution >= 0.6 is 0 Å². The van der Waals surface area contributed by atoms with Gasteiger partial charge in [0.05, 0.1) is 33.5 Å². The molecule has 10 aromatic rings. The summed E-state index contributed by atoms with van der Waals surface area (Å²) in [7, 11) is 0. The van der Waals surface area contributed by atoms with Crippen molar-refractivity contribution < 1.29 is 0 Å². The van der Waals surface area contributed by atoms with Gasteiger partial charge in [-0.1, -0.05) is 121 Å². The van der Waals surface area contributed by atoms with E-state index in [9.17, 15) is 0 Å². The lowest BCUT2D eigenvalue weighted by molar-refractivity contribution is 1.00. The summed E-state index contributed by atoms with van der Waals surface area (Å²) in [4.78, 5) is 20.9. The normalized spacial score (nSPS) is 11.6. The Kier molecular flexibility index (Phi) is 6.39. The Morgan fingerprint density at radius 3 is 1.80 bits per heavy atom. The lowest BCUT2D eigenvalue weighted by atomic mass is 10.1. The molecule has 0 unspecified atom stereocenters. The van der Waals surface area contributed by atoms with E-state index in [2.05, 4.69) is 118 Å². The van der Waals surface area contributed by atoms with Gasteiger partial charge in [-0.25, -0.2) is 19.9 Å². The summed E-state index contributed by atoms with van der Waals surface area (Å²) in [5.41, 5.74) is 9.51. The van der Waals surface area contributed by atoms with Crippen molar-refractivity contribution in [2.45, 2.75) is 0 Å². The minimum absolute atomic E-state index is 0.547. The molecule has 4 aromatic heterocycles. The summed E-state index contributed by atoms with van der Waals surface area (Å²) in [6.45, 7) is 0. The van der Waals surface area contributed by atoms with Crippen LogP contribution in [0.2, 0.25) is 0 Å². The van der Waals surface area contributed by atoms with Gasteiger partial charge in [0.25, 0.3) is 0 Å². The third-order valence-corrected chi connectivity index (χ3v) is 9.39. The van der Waals surface area contributed by atoms with Gasteiger partial charge in [0.15, 0.2) is 5.82 Å². The maximum Gasteiger partial charge on any atom is 0.235 e. The molecule has 0 N–H and O–H groups in total. The summed E-state index contributed by atoms with van der Waals surface area (Å²) in [6, 6.07) is 56.2. The molecule has 0 saturated carbocycles. The Hall–Kier alpha value is -6.92. The fraction of sp³-hybridized carbons (Fsp3) is 0. The molecule has 6 heteroatoms.